The van der Waals surface area contributed by atoms with Crippen LogP contribution in [0.25, 0.3) is 16.6 Å². The number of aromatic nitrogens is 1. The molecule has 0 unspecified atom stereocenters. The summed E-state index contributed by atoms with van der Waals surface area (Å²) in [5.41, 5.74) is 2.17. The average Bonchev–Trinajstić information content (AvgIpc) is 3.12. The zero-order valence-electron chi connectivity index (χ0n) is 17.4. The summed E-state index contributed by atoms with van der Waals surface area (Å²) in [6.07, 6.45) is 0. The Kier molecular flexibility index (Phi) is 5.03. The van der Waals surface area contributed by atoms with E-state index in [1.807, 2.05) is 30.3 Å². The number of aromatic hydroxyl groups is 1. The summed E-state index contributed by atoms with van der Waals surface area (Å²) in [5, 5.41) is 22.9. The highest BCUT2D eigenvalue weighted by Crippen LogP contribution is 2.29. The van der Waals surface area contributed by atoms with E-state index in [-0.39, 0.29) is 22.7 Å². The number of para-hydroxylation sites is 2. The predicted octanol–water partition coefficient (Wildman–Crippen LogP) is 4.52. The zero-order valence-corrected chi connectivity index (χ0v) is 18.2. The Bertz CT molecular complexity index is 1560. The van der Waals surface area contributed by atoms with Crippen molar-refractivity contribution in [2.45, 2.75) is 6.92 Å². The van der Waals surface area contributed by atoms with E-state index in [0.717, 1.165) is 0 Å². The van der Waals surface area contributed by atoms with Crippen LogP contribution in [0.2, 0.25) is 5.02 Å². The quantitative estimate of drug-likeness (QED) is 0.350. The van der Waals surface area contributed by atoms with Gasteiger partial charge in [0.1, 0.15) is 11.3 Å². The van der Waals surface area contributed by atoms with E-state index in [0.29, 0.717) is 32.9 Å². The molecule has 2 N–H and O–H groups in total. The van der Waals surface area contributed by atoms with Crippen molar-refractivity contribution in [3.63, 3.8) is 0 Å². The van der Waals surface area contributed by atoms with E-state index < -0.39 is 11.5 Å². The molecule has 33 heavy (non-hydrogen) atoms. The number of benzene rings is 3. The third-order valence-corrected chi connectivity index (χ3v) is 5.67. The topological polar surface area (TPSA) is 96.0 Å². The summed E-state index contributed by atoms with van der Waals surface area (Å²) in [4.78, 5) is 25.9. The van der Waals surface area contributed by atoms with Crippen LogP contribution < -0.4 is 10.9 Å². The van der Waals surface area contributed by atoms with Crippen LogP contribution in [0, 0.1) is 0 Å². The Morgan fingerprint density at radius 2 is 1.73 bits per heavy atom. The minimum absolute atomic E-state index is 0.0108. The summed E-state index contributed by atoms with van der Waals surface area (Å²) in [6, 6.07) is 21.2. The largest absolute Gasteiger partial charge is 0.506 e. The predicted molar refractivity (Wildman–Crippen MR) is 130 cm³/mol. The number of fused-ring (bicyclic) bond motifs is 2. The van der Waals surface area contributed by atoms with Crippen molar-refractivity contribution in [1.82, 2.24) is 4.57 Å². The molecule has 2 heterocycles. The van der Waals surface area contributed by atoms with Crippen LogP contribution in [0.15, 0.2) is 87.8 Å². The number of rotatable bonds is 3. The van der Waals surface area contributed by atoms with Crippen molar-refractivity contribution in [2.75, 3.05) is 5.32 Å². The SMILES string of the molecule is CC(=NN=C1C(=O)Nc2cc(Cl)ccc21)c1c(O)c2ccccc2n(-c2ccccc2)c1=O. The van der Waals surface area contributed by atoms with Crippen LogP contribution in [-0.4, -0.2) is 27.0 Å². The highest BCUT2D eigenvalue weighted by molar-refractivity contribution is 6.54. The monoisotopic (exact) mass is 456 g/mol. The van der Waals surface area contributed by atoms with Gasteiger partial charge in [0.25, 0.3) is 11.5 Å². The van der Waals surface area contributed by atoms with Gasteiger partial charge in [0.15, 0.2) is 5.71 Å². The molecular weight excluding hydrogens is 440 g/mol. The highest BCUT2D eigenvalue weighted by atomic mass is 35.5. The number of halogens is 1. The van der Waals surface area contributed by atoms with E-state index in [1.165, 1.54) is 4.57 Å². The molecule has 1 aromatic heterocycles. The zero-order chi connectivity index (χ0) is 23.1. The van der Waals surface area contributed by atoms with Crippen molar-refractivity contribution in [2.24, 2.45) is 10.2 Å². The van der Waals surface area contributed by atoms with Gasteiger partial charge in [-0.25, -0.2) is 0 Å². The number of carbonyl (C=O) groups is 1. The molecular formula is C25H17ClN4O3. The van der Waals surface area contributed by atoms with Gasteiger partial charge in [-0.3, -0.25) is 14.2 Å². The number of pyridine rings is 1. The van der Waals surface area contributed by atoms with Gasteiger partial charge < -0.3 is 10.4 Å². The van der Waals surface area contributed by atoms with Gasteiger partial charge in [-0.1, -0.05) is 41.9 Å². The first kappa shape index (κ1) is 20.7. The average molecular weight is 457 g/mol. The van der Waals surface area contributed by atoms with Crippen molar-refractivity contribution in [1.29, 1.82) is 0 Å². The molecule has 0 atom stereocenters. The first-order chi connectivity index (χ1) is 16.0. The summed E-state index contributed by atoms with van der Waals surface area (Å²) < 4.78 is 1.52. The number of hydrogen-bond donors (Lipinski definition) is 2. The Morgan fingerprint density at radius 3 is 2.52 bits per heavy atom. The molecule has 0 aliphatic carbocycles. The Balaban J connectivity index is 1.70. The van der Waals surface area contributed by atoms with Crippen LogP contribution in [-0.2, 0) is 4.79 Å². The van der Waals surface area contributed by atoms with Gasteiger partial charge in [0.2, 0.25) is 0 Å². The van der Waals surface area contributed by atoms with Crippen LogP contribution in [0.5, 0.6) is 5.75 Å². The van der Waals surface area contributed by atoms with Crippen LogP contribution in [0.4, 0.5) is 5.69 Å². The maximum atomic E-state index is 13.5. The highest BCUT2D eigenvalue weighted by Gasteiger charge is 2.26. The lowest BCUT2D eigenvalue weighted by molar-refractivity contribution is -0.110. The van der Waals surface area contributed by atoms with Gasteiger partial charge >= 0.3 is 0 Å². The second-order valence-corrected chi connectivity index (χ2v) is 7.93. The Hall–Kier alpha value is -4.23. The van der Waals surface area contributed by atoms with Gasteiger partial charge in [-0.2, -0.15) is 5.10 Å². The summed E-state index contributed by atoms with van der Waals surface area (Å²) in [6.45, 7) is 1.57. The third-order valence-electron chi connectivity index (χ3n) is 5.43. The second kappa shape index (κ2) is 8.03. The van der Waals surface area contributed by atoms with E-state index in [4.69, 9.17) is 11.6 Å². The number of carbonyl (C=O) groups excluding carboxylic acids is 1. The number of nitrogens with one attached hydrogen (secondary N) is 1. The molecule has 3 aromatic carbocycles. The smallest absolute Gasteiger partial charge is 0.276 e. The number of anilines is 1. The van der Waals surface area contributed by atoms with Gasteiger partial charge in [-0.15, -0.1) is 5.10 Å². The van der Waals surface area contributed by atoms with E-state index in [2.05, 4.69) is 15.5 Å². The van der Waals surface area contributed by atoms with Crippen molar-refractivity contribution in [3.8, 4) is 11.4 Å². The van der Waals surface area contributed by atoms with Gasteiger partial charge in [0.05, 0.1) is 16.9 Å². The minimum Gasteiger partial charge on any atom is -0.506 e. The molecule has 8 heteroatoms. The van der Waals surface area contributed by atoms with Crippen LogP contribution in [0.3, 0.4) is 0 Å². The normalized spacial score (nSPS) is 14.5. The van der Waals surface area contributed by atoms with Crippen molar-refractivity contribution >= 4 is 45.5 Å². The molecule has 0 radical (unpaired) electrons. The summed E-state index contributed by atoms with van der Waals surface area (Å²) in [5.74, 6) is -0.611. The molecule has 4 aromatic rings. The summed E-state index contributed by atoms with van der Waals surface area (Å²) in [7, 11) is 0. The lowest BCUT2D eigenvalue weighted by Gasteiger charge is -2.14. The molecule has 5 rings (SSSR count). The fourth-order valence-electron chi connectivity index (χ4n) is 3.89. The van der Waals surface area contributed by atoms with E-state index in [1.54, 1.807) is 49.4 Å². The fourth-order valence-corrected chi connectivity index (χ4v) is 4.06. The Labute approximate surface area is 193 Å². The van der Waals surface area contributed by atoms with Gasteiger partial charge in [-0.05, 0) is 49.4 Å². The molecule has 1 aliphatic rings. The number of hydrogen-bond acceptors (Lipinski definition) is 5. The first-order valence-corrected chi connectivity index (χ1v) is 10.5. The molecule has 7 nitrogen and oxygen atoms in total. The molecule has 0 saturated heterocycles. The lowest BCUT2D eigenvalue weighted by atomic mass is 10.1. The first-order valence-electron chi connectivity index (χ1n) is 10.1. The molecule has 0 fully saturated rings. The van der Waals surface area contributed by atoms with Gasteiger partial charge in [0, 0.05) is 21.7 Å². The second-order valence-electron chi connectivity index (χ2n) is 7.49. The molecule has 0 spiro atoms. The fraction of sp³-hybridized carbons (Fsp3) is 0.0400. The molecule has 162 valence electrons. The maximum Gasteiger partial charge on any atom is 0.276 e. The lowest BCUT2D eigenvalue weighted by Crippen LogP contribution is -2.25. The van der Waals surface area contributed by atoms with Crippen molar-refractivity contribution in [3.05, 3.63) is 99.3 Å². The maximum absolute atomic E-state index is 13.5. The minimum atomic E-state index is -0.443. The van der Waals surface area contributed by atoms with E-state index >= 15 is 0 Å². The molecule has 1 aliphatic heterocycles. The number of nitrogens with zero attached hydrogens (tertiary/aromatic N) is 3. The summed E-state index contributed by atoms with van der Waals surface area (Å²) >= 11 is 5.99. The molecule has 0 bridgehead atoms. The van der Waals surface area contributed by atoms with E-state index in [9.17, 15) is 14.7 Å². The van der Waals surface area contributed by atoms with Crippen molar-refractivity contribution < 1.29 is 9.90 Å². The molecule has 1 amide bonds. The third kappa shape index (κ3) is 3.48. The standard InChI is InChI=1S/C25H17ClN4O3/c1-14(28-29-22-17-12-11-15(26)13-19(17)27-24(22)32)21-23(31)18-9-5-6-10-20(18)30(25(21)33)16-7-3-2-4-8-16/h2-13,31H,1H3,(H,27,29,32). The van der Waals surface area contributed by atoms with Crippen LogP contribution in [0.1, 0.15) is 18.1 Å². The number of amides is 1. The Morgan fingerprint density at radius 1 is 1.00 bits per heavy atom. The van der Waals surface area contributed by atoms with Crippen LogP contribution >= 0.6 is 11.6 Å². The molecule has 0 saturated carbocycles.